The fourth-order valence-electron chi connectivity index (χ4n) is 1.92. The summed E-state index contributed by atoms with van der Waals surface area (Å²) in [4.78, 5) is 0. The highest BCUT2D eigenvalue weighted by atomic mass is 19.1. The van der Waals surface area contributed by atoms with Crippen LogP contribution in [0, 0.1) is 12.7 Å². The van der Waals surface area contributed by atoms with E-state index in [1.807, 2.05) is 31.2 Å². The number of hydrogen-bond donors (Lipinski definition) is 1. The molecule has 1 unspecified atom stereocenters. The quantitative estimate of drug-likeness (QED) is 0.852. The summed E-state index contributed by atoms with van der Waals surface area (Å²) in [7, 11) is 1.50. The third-order valence-corrected chi connectivity index (χ3v) is 2.99. The first-order valence-electron chi connectivity index (χ1n) is 6.27. The van der Waals surface area contributed by atoms with Gasteiger partial charge < -0.3 is 14.6 Å². The van der Waals surface area contributed by atoms with Crippen molar-refractivity contribution < 1.29 is 19.0 Å². The maximum atomic E-state index is 13.4. The van der Waals surface area contributed by atoms with Crippen LogP contribution in [0.1, 0.15) is 22.8 Å². The molecule has 0 fully saturated rings. The fourth-order valence-corrected chi connectivity index (χ4v) is 1.92. The molecule has 0 heterocycles. The lowest BCUT2D eigenvalue weighted by Gasteiger charge is -2.16. The molecule has 0 spiro atoms. The van der Waals surface area contributed by atoms with Crippen molar-refractivity contribution in [3.63, 3.8) is 0 Å². The molecule has 2 aromatic rings. The summed E-state index contributed by atoms with van der Waals surface area (Å²) in [5.41, 5.74) is 2.16. The van der Waals surface area contributed by atoms with Gasteiger partial charge in [-0.1, -0.05) is 29.8 Å². The van der Waals surface area contributed by atoms with E-state index in [-0.39, 0.29) is 6.79 Å². The van der Waals surface area contributed by atoms with E-state index < -0.39 is 11.9 Å². The Kier molecular flexibility index (Phi) is 4.71. The Morgan fingerprint density at radius 2 is 1.85 bits per heavy atom. The molecule has 0 radical (unpaired) electrons. The van der Waals surface area contributed by atoms with Crippen molar-refractivity contribution in [2.75, 3.05) is 13.9 Å². The van der Waals surface area contributed by atoms with Crippen molar-refractivity contribution in [2.24, 2.45) is 0 Å². The minimum atomic E-state index is -0.946. The van der Waals surface area contributed by atoms with Gasteiger partial charge in [-0.05, 0) is 30.7 Å². The molecular weight excluding hydrogens is 259 g/mol. The molecular formula is C16H17FO3. The average Bonchev–Trinajstić information content (AvgIpc) is 2.46. The molecule has 0 bridgehead atoms. The lowest BCUT2D eigenvalue weighted by molar-refractivity contribution is 0.0487. The van der Waals surface area contributed by atoms with Crippen LogP contribution in [0.15, 0.2) is 42.5 Å². The third kappa shape index (κ3) is 3.35. The van der Waals surface area contributed by atoms with Gasteiger partial charge in [-0.2, -0.15) is 0 Å². The lowest BCUT2D eigenvalue weighted by atomic mass is 9.99. The van der Waals surface area contributed by atoms with Crippen molar-refractivity contribution in [2.45, 2.75) is 13.0 Å². The Morgan fingerprint density at radius 1 is 1.15 bits per heavy atom. The van der Waals surface area contributed by atoms with Gasteiger partial charge in [-0.15, -0.1) is 0 Å². The number of halogens is 1. The fraction of sp³-hybridized carbons (Fsp3) is 0.250. The summed E-state index contributed by atoms with van der Waals surface area (Å²) < 4.78 is 23.6. The van der Waals surface area contributed by atoms with Gasteiger partial charge in [0, 0.05) is 12.7 Å². The minimum Gasteiger partial charge on any atom is -0.467 e. The standard InChI is InChI=1S/C16H17FO3/c1-11-3-5-12(6-4-11)16(18)14-9-13(17)7-8-15(14)20-10-19-2/h3-9,16,18H,10H2,1-2H3. The predicted molar refractivity (Wildman–Crippen MR) is 74.1 cm³/mol. The summed E-state index contributed by atoms with van der Waals surface area (Å²) >= 11 is 0. The second-order valence-electron chi connectivity index (χ2n) is 4.55. The van der Waals surface area contributed by atoms with Gasteiger partial charge in [0.2, 0.25) is 0 Å². The van der Waals surface area contributed by atoms with Crippen LogP contribution in [-0.4, -0.2) is 19.0 Å². The zero-order chi connectivity index (χ0) is 14.5. The van der Waals surface area contributed by atoms with E-state index >= 15 is 0 Å². The van der Waals surface area contributed by atoms with Crippen LogP contribution in [0.25, 0.3) is 0 Å². The van der Waals surface area contributed by atoms with E-state index in [0.29, 0.717) is 16.9 Å². The number of benzene rings is 2. The van der Waals surface area contributed by atoms with Gasteiger partial charge in [-0.3, -0.25) is 0 Å². The van der Waals surface area contributed by atoms with Gasteiger partial charge >= 0.3 is 0 Å². The maximum Gasteiger partial charge on any atom is 0.188 e. The van der Waals surface area contributed by atoms with Crippen LogP contribution in [-0.2, 0) is 4.74 Å². The summed E-state index contributed by atoms with van der Waals surface area (Å²) in [6, 6.07) is 11.5. The van der Waals surface area contributed by atoms with Crippen LogP contribution >= 0.6 is 0 Å². The average molecular weight is 276 g/mol. The molecule has 1 N–H and O–H groups in total. The van der Waals surface area contributed by atoms with Crippen molar-refractivity contribution in [1.82, 2.24) is 0 Å². The van der Waals surface area contributed by atoms with E-state index in [0.717, 1.165) is 5.56 Å². The van der Waals surface area contributed by atoms with E-state index in [9.17, 15) is 9.50 Å². The van der Waals surface area contributed by atoms with Crippen molar-refractivity contribution in [3.05, 3.63) is 65.0 Å². The van der Waals surface area contributed by atoms with Crippen LogP contribution in [0.2, 0.25) is 0 Å². The molecule has 2 aromatic carbocycles. The number of aryl methyl sites for hydroxylation is 1. The highest BCUT2D eigenvalue weighted by Gasteiger charge is 2.16. The second-order valence-corrected chi connectivity index (χ2v) is 4.55. The van der Waals surface area contributed by atoms with Crippen LogP contribution in [0.5, 0.6) is 5.75 Å². The molecule has 0 aliphatic heterocycles. The molecule has 1 atom stereocenters. The largest absolute Gasteiger partial charge is 0.467 e. The maximum absolute atomic E-state index is 13.4. The van der Waals surface area contributed by atoms with Gasteiger partial charge in [0.15, 0.2) is 6.79 Å². The number of aliphatic hydroxyl groups is 1. The number of ether oxygens (including phenoxy) is 2. The Hall–Kier alpha value is -1.91. The lowest BCUT2D eigenvalue weighted by Crippen LogP contribution is -2.06. The highest BCUT2D eigenvalue weighted by Crippen LogP contribution is 2.31. The monoisotopic (exact) mass is 276 g/mol. The Morgan fingerprint density at radius 3 is 2.50 bits per heavy atom. The normalized spacial score (nSPS) is 12.2. The second kappa shape index (κ2) is 6.50. The van der Waals surface area contributed by atoms with Crippen LogP contribution < -0.4 is 4.74 Å². The molecule has 4 heteroatoms. The van der Waals surface area contributed by atoms with E-state index in [2.05, 4.69) is 0 Å². The topological polar surface area (TPSA) is 38.7 Å². The summed E-state index contributed by atoms with van der Waals surface area (Å²) in [5.74, 6) is -0.0164. The number of hydrogen-bond acceptors (Lipinski definition) is 3. The Labute approximate surface area is 117 Å². The molecule has 106 valence electrons. The molecule has 0 aliphatic rings. The van der Waals surface area contributed by atoms with Crippen molar-refractivity contribution in [3.8, 4) is 5.75 Å². The third-order valence-electron chi connectivity index (χ3n) is 2.99. The first-order valence-corrected chi connectivity index (χ1v) is 6.27. The van der Waals surface area contributed by atoms with E-state index in [1.165, 1.54) is 25.3 Å². The SMILES string of the molecule is COCOc1ccc(F)cc1C(O)c1ccc(C)cc1. The Bertz CT molecular complexity index is 566. The van der Waals surface area contributed by atoms with Gasteiger partial charge in [0.05, 0.1) is 0 Å². The van der Waals surface area contributed by atoms with Crippen molar-refractivity contribution >= 4 is 0 Å². The summed E-state index contributed by atoms with van der Waals surface area (Å²) in [6.45, 7) is 2.00. The Balaban J connectivity index is 2.34. The zero-order valence-corrected chi connectivity index (χ0v) is 11.5. The summed E-state index contributed by atoms with van der Waals surface area (Å²) in [6.07, 6.45) is -0.946. The van der Waals surface area contributed by atoms with Gasteiger partial charge in [-0.25, -0.2) is 4.39 Å². The number of rotatable bonds is 5. The van der Waals surface area contributed by atoms with E-state index in [1.54, 1.807) is 0 Å². The molecule has 0 aliphatic carbocycles. The first kappa shape index (κ1) is 14.5. The molecule has 20 heavy (non-hydrogen) atoms. The van der Waals surface area contributed by atoms with Gasteiger partial charge in [0.1, 0.15) is 17.7 Å². The minimum absolute atomic E-state index is 0.0409. The van der Waals surface area contributed by atoms with E-state index in [4.69, 9.17) is 9.47 Å². The molecule has 2 rings (SSSR count). The first-order chi connectivity index (χ1) is 9.61. The highest BCUT2D eigenvalue weighted by molar-refractivity contribution is 5.41. The zero-order valence-electron chi connectivity index (χ0n) is 11.5. The van der Waals surface area contributed by atoms with Crippen molar-refractivity contribution in [1.29, 1.82) is 0 Å². The molecule has 3 nitrogen and oxygen atoms in total. The molecule has 0 amide bonds. The molecule has 0 saturated heterocycles. The number of methoxy groups -OCH3 is 1. The molecule has 0 aromatic heterocycles. The van der Waals surface area contributed by atoms with Gasteiger partial charge in [0.25, 0.3) is 0 Å². The predicted octanol–water partition coefficient (Wildman–Crippen LogP) is 3.20. The number of aliphatic hydroxyl groups excluding tert-OH is 1. The molecule has 0 saturated carbocycles. The smallest absolute Gasteiger partial charge is 0.188 e. The van der Waals surface area contributed by atoms with Crippen LogP contribution in [0.3, 0.4) is 0 Å². The summed E-state index contributed by atoms with van der Waals surface area (Å²) in [5, 5.41) is 10.4. The van der Waals surface area contributed by atoms with Crippen LogP contribution in [0.4, 0.5) is 4.39 Å².